The Bertz CT molecular complexity index is 1630. The topological polar surface area (TPSA) is 126 Å². The molecule has 0 aliphatic carbocycles. The Labute approximate surface area is 250 Å². The number of phenols is 4. The summed E-state index contributed by atoms with van der Waals surface area (Å²) in [6.45, 7) is 4.14. The van der Waals surface area contributed by atoms with Gasteiger partial charge in [-0.25, -0.2) is 0 Å². The van der Waals surface area contributed by atoms with Gasteiger partial charge < -0.3 is 34.6 Å². The molecule has 8 nitrogen and oxygen atoms in total. The van der Waals surface area contributed by atoms with Crippen LogP contribution >= 0.6 is 0 Å². The maximum Gasteiger partial charge on any atom is 0.170 e. The molecule has 0 fully saturated rings. The molecule has 43 heavy (non-hydrogen) atoms. The average Bonchev–Trinajstić information content (AvgIpc) is 3.00. The van der Waals surface area contributed by atoms with E-state index in [2.05, 4.69) is 6.92 Å². The van der Waals surface area contributed by atoms with Gasteiger partial charge in [0.05, 0.1) is 14.2 Å². The number of hydrogen-bond donors (Lipinski definition) is 4. The largest absolute Gasteiger partial charge is 0.508 e. The summed E-state index contributed by atoms with van der Waals surface area (Å²) in [4.78, 5) is 13.7. The second-order valence-electron chi connectivity index (χ2n) is 11.2. The molecule has 0 amide bonds. The van der Waals surface area contributed by atoms with Gasteiger partial charge >= 0.3 is 0 Å². The van der Waals surface area contributed by atoms with E-state index in [4.69, 9.17) is 14.2 Å². The maximum atomic E-state index is 13.7. The summed E-state index contributed by atoms with van der Waals surface area (Å²) in [5.74, 6) is 0.0626. The van der Waals surface area contributed by atoms with Crippen molar-refractivity contribution in [2.24, 2.45) is 11.8 Å². The van der Waals surface area contributed by atoms with E-state index in [0.29, 0.717) is 35.5 Å². The molecule has 8 heteroatoms. The van der Waals surface area contributed by atoms with E-state index in [1.165, 1.54) is 19.2 Å². The van der Waals surface area contributed by atoms with Crippen molar-refractivity contribution in [1.29, 1.82) is 0 Å². The van der Waals surface area contributed by atoms with Gasteiger partial charge in [-0.05, 0) is 66.1 Å². The molecule has 0 saturated carbocycles. The van der Waals surface area contributed by atoms with Crippen molar-refractivity contribution >= 4 is 5.78 Å². The fraction of sp³-hybridized carbons (Fsp3) is 0.286. The third-order valence-corrected chi connectivity index (χ3v) is 8.45. The number of aryl methyl sites for hydroxylation is 1. The van der Waals surface area contributed by atoms with Crippen molar-refractivity contribution in [3.05, 3.63) is 94.5 Å². The van der Waals surface area contributed by atoms with E-state index in [1.54, 1.807) is 25.3 Å². The third-order valence-electron chi connectivity index (χ3n) is 8.45. The number of phenolic OH excluding ortho intramolecular Hbond substituents is 4. The standard InChI is InChI=1S/C35H36O8/c1-19(15-22-5-10-23(36)11-6-22)20(2)32-25-16-27(38)28(39)17-29(25)43-31-18-30(42-4)33(35(40)34(31)32)26(37)14-9-21-7-12-24(41-3)13-8-21/h5-8,10-13,16-20,32,36,38-40H,9,14-15H2,1-4H3. The number of carbonyl (C=O) groups excluding carboxylic acids is 1. The average molecular weight is 585 g/mol. The molecular weight excluding hydrogens is 548 g/mol. The number of hydrogen-bond acceptors (Lipinski definition) is 8. The number of Topliss-reactive ketones (excluding diaryl/α,β-unsaturated/α-hetero) is 1. The normalized spacial score (nSPS) is 15.0. The van der Waals surface area contributed by atoms with Gasteiger partial charge in [0.1, 0.15) is 40.1 Å². The predicted octanol–water partition coefficient (Wildman–Crippen LogP) is 7.09. The lowest BCUT2D eigenvalue weighted by Crippen LogP contribution is -2.24. The molecular formula is C35H36O8. The van der Waals surface area contributed by atoms with E-state index < -0.39 is 5.92 Å². The summed E-state index contributed by atoms with van der Waals surface area (Å²) in [5.41, 5.74) is 3.08. The van der Waals surface area contributed by atoms with E-state index in [0.717, 1.165) is 16.9 Å². The summed E-state index contributed by atoms with van der Waals surface area (Å²) in [5, 5.41) is 42.2. The Morgan fingerprint density at radius 3 is 2.14 bits per heavy atom. The van der Waals surface area contributed by atoms with E-state index >= 15 is 0 Å². The van der Waals surface area contributed by atoms with Gasteiger partial charge in [-0.2, -0.15) is 0 Å². The quantitative estimate of drug-likeness (QED) is 0.115. The highest BCUT2D eigenvalue weighted by atomic mass is 16.5. The zero-order valence-corrected chi connectivity index (χ0v) is 24.6. The summed E-state index contributed by atoms with van der Waals surface area (Å²) in [6, 6.07) is 18.9. The van der Waals surface area contributed by atoms with Crippen LogP contribution in [0.15, 0.2) is 66.7 Å². The highest BCUT2D eigenvalue weighted by molar-refractivity contribution is 6.02. The molecule has 0 aromatic heterocycles. The summed E-state index contributed by atoms with van der Waals surface area (Å²) < 4.78 is 16.9. The van der Waals surface area contributed by atoms with E-state index in [-0.39, 0.29) is 58.4 Å². The Balaban J connectivity index is 1.55. The van der Waals surface area contributed by atoms with Gasteiger partial charge in [0.2, 0.25) is 0 Å². The minimum atomic E-state index is -0.489. The SMILES string of the molecule is COc1ccc(CCC(=O)c2c(OC)cc3c(c2O)C(C(C)C(C)Cc2ccc(O)cc2)c2cc(O)c(O)cc2O3)cc1. The van der Waals surface area contributed by atoms with Crippen LogP contribution in [0.3, 0.4) is 0 Å². The lowest BCUT2D eigenvalue weighted by atomic mass is 9.72. The van der Waals surface area contributed by atoms with Crippen LogP contribution < -0.4 is 14.2 Å². The zero-order valence-electron chi connectivity index (χ0n) is 24.6. The molecule has 3 atom stereocenters. The van der Waals surface area contributed by atoms with Crippen LogP contribution in [-0.4, -0.2) is 40.4 Å². The highest BCUT2D eigenvalue weighted by Gasteiger charge is 2.39. The van der Waals surface area contributed by atoms with Crippen molar-refractivity contribution in [2.45, 2.75) is 39.0 Å². The molecule has 224 valence electrons. The predicted molar refractivity (Wildman–Crippen MR) is 162 cm³/mol. The first-order valence-electron chi connectivity index (χ1n) is 14.2. The Hall–Kier alpha value is -4.85. The molecule has 1 heterocycles. The number of methoxy groups -OCH3 is 2. The number of ether oxygens (including phenoxy) is 3. The molecule has 0 radical (unpaired) electrons. The van der Waals surface area contributed by atoms with Crippen LogP contribution in [0, 0.1) is 11.8 Å². The minimum Gasteiger partial charge on any atom is -0.508 e. The molecule has 5 rings (SSSR count). The van der Waals surface area contributed by atoms with Crippen LogP contribution in [0.4, 0.5) is 0 Å². The number of fused-ring (bicyclic) bond motifs is 2. The minimum absolute atomic E-state index is 0.0556. The van der Waals surface area contributed by atoms with Crippen LogP contribution in [0.25, 0.3) is 0 Å². The molecule has 0 saturated heterocycles. The molecule has 4 N–H and O–H groups in total. The van der Waals surface area contributed by atoms with Crippen molar-refractivity contribution in [1.82, 2.24) is 0 Å². The van der Waals surface area contributed by atoms with Gasteiger partial charge in [0.25, 0.3) is 0 Å². The van der Waals surface area contributed by atoms with Crippen molar-refractivity contribution < 1.29 is 39.4 Å². The van der Waals surface area contributed by atoms with Gasteiger partial charge in [-0.3, -0.25) is 4.79 Å². The molecule has 0 bridgehead atoms. The summed E-state index contributed by atoms with van der Waals surface area (Å²) >= 11 is 0. The van der Waals surface area contributed by atoms with Crippen molar-refractivity contribution in [3.8, 4) is 46.0 Å². The number of carbonyl (C=O) groups is 1. The van der Waals surface area contributed by atoms with Gasteiger partial charge in [0.15, 0.2) is 17.3 Å². The molecule has 3 unspecified atom stereocenters. The van der Waals surface area contributed by atoms with Gasteiger partial charge in [-0.15, -0.1) is 0 Å². The number of ketones is 1. The summed E-state index contributed by atoms with van der Waals surface area (Å²) in [6.07, 6.45) is 1.27. The number of benzene rings is 4. The van der Waals surface area contributed by atoms with Crippen LogP contribution in [0.1, 0.15) is 58.8 Å². The van der Waals surface area contributed by atoms with E-state index in [9.17, 15) is 25.2 Å². The van der Waals surface area contributed by atoms with E-state index in [1.807, 2.05) is 43.3 Å². The lowest BCUT2D eigenvalue weighted by Gasteiger charge is -2.36. The number of rotatable bonds is 10. The van der Waals surface area contributed by atoms with Gasteiger partial charge in [0, 0.05) is 35.6 Å². The van der Waals surface area contributed by atoms with Crippen molar-refractivity contribution in [3.63, 3.8) is 0 Å². The number of aromatic hydroxyl groups is 4. The molecule has 4 aromatic rings. The first-order chi connectivity index (χ1) is 20.6. The molecule has 1 aliphatic rings. The fourth-order valence-corrected chi connectivity index (χ4v) is 5.87. The fourth-order valence-electron chi connectivity index (χ4n) is 5.87. The first-order valence-corrected chi connectivity index (χ1v) is 14.2. The second kappa shape index (κ2) is 12.2. The first kappa shape index (κ1) is 29.6. The van der Waals surface area contributed by atoms with Crippen LogP contribution in [-0.2, 0) is 12.8 Å². The molecule has 4 aromatic carbocycles. The van der Waals surface area contributed by atoms with Crippen LogP contribution in [0.2, 0.25) is 0 Å². The smallest absolute Gasteiger partial charge is 0.170 e. The van der Waals surface area contributed by atoms with Gasteiger partial charge in [-0.1, -0.05) is 38.1 Å². The Kier molecular flexibility index (Phi) is 8.39. The lowest BCUT2D eigenvalue weighted by molar-refractivity contribution is 0.0976. The Morgan fingerprint density at radius 1 is 0.837 bits per heavy atom. The molecule has 1 aliphatic heterocycles. The zero-order chi connectivity index (χ0) is 30.8. The highest BCUT2D eigenvalue weighted by Crippen LogP contribution is 2.56. The Morgan fingerprint density at radius 2 is 1.49 bits per heavy atom. The maximum absolute atomic E-state index is 13.7. The molecule has 0 spiro atoms. The third kappa shape index (κ3) is 5.91. The van der Waals surface area contributed by atoms with Crippen LogP contribution in [0.5, 0.6) is 46.0 Å². The monoisotopic (exact) mass is 584 g/mol. The van der Waals surface area contributed by atoms with Crippen molar-refractivity contribution in [2.75, 3.05) is 14.2 Å². The second-order valence-corrected chi connectivity index (χ2v) is 11.2. The summed E-state index contributed by atoms with van der Waals surface area (Å²) in [7, 11) is 3.03.